The SMILES string of the molecule is Cc1nnc(S/C(=C/c2cccs2)C(=O)O)o1. The number of thiophene rings is 1. The molecule has 0 unspecified atom stereocenters. The van der Waals surface area contributed by atoms with Gasteiger partial charge >= 0.3 is 5.97 Å². The number of carboxylic acids is 1. The summed E-state index contributed by atoms with van der Waals surface area (Å²) in [7, 11) is 0. The highest BCUT2D eigenvalue weighted by Crippen LogP contribution is 2.28. The average molecular weight is 268 g/mol. The van der Waals surface area contributed by atoms with E-state index < -0.39 is 5.97 Å². The van der Waals surface area contributed by atoms with Gasteiger partial charge in [-0.15, -0.1) is 21.5 Å². The smallest absolute Gasteiger partial charge is 0.342 e. The first-order chi connectivity index (χ1) is 8.15. The van der Waals surface area contributed by atoms with Crippen molar-refractivity contribution in [1.29, 1.82) is 0 Å². The van der Waals surface area contributed by atoms with Gasteiger partial charge in [0.25, 0.3) is 5.22 Å². The van der Waals surface area contributed by atoms with Crippen molar-refractivity contribution in [3.63, 3.8) is 0 Å². The Hall–Kier alpha value is -1.60. The molecular formula is C10H8N2O3S2. The summed E-state index contributed by atoms with van der Waals surface area (Å²) in [6, 6.07) is 3.70. The molecule has 2 aromatic rings. The highest BCUT2D eigenvalue weighted by molar-refractivity contribution is 8.03. The molecule has 0 aromatic carbocycles. The Bertz CT molecular complexity index is 546. The van der Waals surface area contributed by atoms with Crippen LogP contribution in [0.3, 0.4) is 0 Å². The van der Waals surface area contributed by atoms with Crippen molar-refractivity contribution in [3.8, 4) is 0 Å². The molecule has 7 heteroatoms. The maximum absolute atomic E-state index is 11.1. The van der Waals surface area contributed by atoms with Crippen LogP contribution in [0.2, 0.25) is 0 Å². The number of carbonyl (C=O) groups is 1. The number of hydrogen-bond acceptors (Lipinski definition) is 6. The molecule has 0 aliphatic rings. The Morgan fingerprint density at radius 1 is 1.59 bits per heavy atom. The summed E-state index contributed by atoms with van der Waals surface area (Å²) in [5.74, 6) is -0.604. The number of thioether (sulfide) groups is 1. The first kappa shape index (κ1) is 11.9. The van der Waals surface area contributed by atoms with Crippen LogP contribution in [0.1, 0.15) is 10.8 Å². The molecule has 0 aliphatic carbocycles. The lowest BCUT2D eigenvalue weighted by atomic mass is 10.4. The highest BCUT2D eigenvalue weighted by atomic mass is 32.2. The van der Waals surface area contributed by atoms with Crippen molar-refractivity contribution in [2.24, 2.45) is 0 Å². The minimum atomic E-state index is -1.01. The second-order valence-corrected chi connectivity index (χ2v) is 4.99. The quantitative estimate of drug-likeness (QED) is 0.678. The van der Waals surface area contributed by atoms with E-state index in [0.717, 1.165) is 16.6 Å². The average Bonchev–Trinajstić information content (AvgIpc) is 2.89. The predicted octanol–water partition coefficient (Wildman–Crippen LogP) is 2.66. The molecule has 17 heavy (non-hydrogen) atoms. The standard InChI is InChI=1S/C10H8N2O3S2/c1-6-11-12-10(15-6)17-8(9(13)14)5-7-3-2-4-16-7/h2-5H,1H3,(H,13,14)/b8-5+. The maximum Gasteiger partial charge on any atom is 0.342 e. The van der Waals surface area contributed by atoms with Gasteiger partial charge in [-0.25, -0.2) is 4.79 Å². The minimum Gasteiger partial charge on any atom is -0.477 e. The van der Waals surface area contributed by atoms with E-state index in [-0.39, 0.29) is 10.1 Å². The van der Waals surface area contributed by atoms with E-state index in [9.17, 15) is 4.79 Å². The number of aryl methyl sites for hydroxylation is 1. The summed E-state index contributed by atoms with van der Waals surface area (Å²) in [5.41, 5.74) is 0. The zero-order valence-corrected chi connectivity index (χ0v) is 10.4. The summed E-state index contributed by atoms with van der Waals surface area (Å²) in [6.45, 7) is 1.65. The van der Waals surface area contributed by atoms with Crippen molar-refractivity contribution in [3.05, 3.63) is 33.2 Å². The lowest BCUT2D eigenvalue weighted by Crippen LogP contribution is -1.96. The van der Waals surface area contributed by atoms with Gasteiger partial charge in [-0.3, -0.25) is 0 Å². The molecule has 0 radical (unpaired) electrons. The van der Waals surface area contributed by atoms with E-state index in [1.807, 2.05) is 17.5 Å². The van der Waals surface area contributed by atoms with Crippen molar-refractivity contribution < 1.29 is 14.3 Å². The first-order valence-electron chi connectivity index (χ1n) is 4.61. The minimum absolute atomic E-state index is 0.149. The monoisotopic (exact) mass is 268 g/mol. The number of aromatic nitrogens is 2. The van der Waals surface area contributed by atoms with Crippen LogP contribution in [0.25, 0.3) is 6.08 Å². The first-order valence-corrected chi connectivity index (χ1v) is 6.31. The van der Waals surface area contributed by atoms with Gasteiger partial charge in [0, 0.05) is 11.8 Å². The zero-order chi connectivity index (χ0) is 12.3. The molecule has 2 aromatic heterocycles. The number of nitrogens with zero attached hydrogens (tertiary/aromatic N) is 2. The zero-order valence-electron chi connectivity index (χ0n) is 8.78. The lowest BCUT2D eigenvalue weighted by Gasteiger charge is -1.96. The van der Waals surface area contributed by atoms with Crippen LogP contribution >= 0.6 is 23.1 Å². The van der Waals surface area contributed by atoms with E-state index in [1.165, 1.54) is 11.3 Å². The Labute approximate surface area is 105 Å². The van der Waals surface area contributed by atoms with Crippen molar-refractivity contribution >= 4 is 35.1 Å². The molecule has 0 amide bonds. The summed E-state index contributed by atoms with van der Waals surface area (Å²) < 4.78 is 5.12. The van der Waals surface area contributed by atoms with Gasteiger partial charge in [-0.1, -0.05) is 6.07 Å². The highest BCUT2D eigenvalue weighted by Gasteiger charge is 2.14. The molecule has 0 atom stereocenters. The molecule has 0 spiro atoms. The summed E-state index contributed by atoms with van der Waals surface area (Å²) >= 11 is 2.41. The lowest BCUT2D eigenvalue weighted by molar-refractivity contribution is -0.131. The Morgan fingerprint density at radius 3 is 2.94 bits per heavy atom. The van der Waals surface area contributed by atoms with Gasteiger partial charge in [-0.05, 0) is 29.3 Å². The topological polar surface area (TPSA) is 76.2 Å². The van der Waals surface area contributed by atoms with Crippen molar-refractivity contribution in [1.82, 2.24) is 10.2 Å². The van der Waals surface area contributed by atoms with Crippen LogP contribution in [0.4, 0.5) is 0 Å². The molecule has 2 heterocycles. The van der Waals surface area contributed by atoms with E-state index in [4.69, 9.17) is 9.52 Å². The van der Waals surface area contributed by atoms with E-state index in [2.05, 4.69) is 10.2 Å². The fraction of sp³-hybridized carbons (Fsp3) is 0.100. The third kappa shape index (κ3) is 3.18. The number of rotatable bonds is 4. The van der Waals surface area contributed by atoms with Crippen molar-refractivity contribution in [2.75, 3.05) is 0 Å². The molecular weight excluding hydrogens is 260 g/mol. The largest absolute Gasteiger partial charge is 0.477 e. The molecule has 5 nitrogen and oxygen atoms in total. The van der Waals surface area contributed by atoms with Crippen molar-refractivity contribution in [2.45, 2.75) is 12.1 Å². The molecule has 0 fully saturated rings. The fourth-order valence-corrected chi connectivity index (χ4v) is 2.49. The van der Waals surface area contributed by atoms with E-state index >= 15 is 0 Å². The summed E-state index contributed by atoms with van der Waals surface area (Å²) in [5, 5.41) is 18.6. The molecule has 0 saturated carbocycles. The Balaban J connectivity index is 2.21. The molecule has 0 bridgehead atoms. The van der Waals surface area contributed by atoms with Gasteiger partial charge in [0.05, 0.1) is 0 Å². The predicted molar refractivity (Wildman–Crippen MR) is 64.8 cm³/mol. The second-order valence-electron chi connectivity index (χ2n) is 3.02. The normalized spacial score (nSPS) is 11.7. The van der Waals surface area contributed by atoms with Crippen LogP contribution in [0.5, 0.6) is 0 Å². The Kier molecular flexibility index (Phi) is 3.60. The van der Waals surface area contributed by atoms with E-state index in [0.29, 0.717) is 5.89 Å². The van der Waals surface area contributed by atoms with Crippen LogP contribution in [-0.4, -0.2) is 21.3 Å². The number of carboxylic acid groups (broad SMARTS) is 1. The molecule has 0 aliphatic heterocycles. The third-order valence-corrected chi connectivity index (χ3v) is 3.40. The van der Waals surface area contributed by atoms with E-state index in [1.54, 1.807) is 13.0 Å². The maximum atomic E-state index is 11.1. The van der Waals surface area contributed by atoms with Gasteiger partial charge < -0.3 is 9.52 Å². The van der Waals surface area contributed by atoms with Crippen LogP contribution in [0, 0.1) is 6.92 Å². The number of hydrogen-bond donors (Lipinski definition) is 1. The van der Waals surface area contributed by atoms with Crippen LogP contribution in [-0.2, 0) is 4.79 Å². The van der Waals surface area contributed by atoms with Crippen LogP contribution < -0.4 is 0 Å². The summed E-state index contributed by atoms with van der Waals surface area (Å²) in [4.78, 5) is 12.1. The van der Waals surface area contributed by atoms with Gasteiger partial charge in [-0.2, -0.15) is 0 Å². The third-order valence-electron chi connectivity index (χ3n) is 1.73. The van der Waals surface area contributed by atoms with Gasteiger partial charge in [0.2, 0.25) is 5.89 Å². The molecule has 1 N–H and O–H groups in total. The van der Waals surface area contributed by atoms with Gasteiger partial charge in [0.1, 0.15) is 4.91 Å². The molecule has 88 valence electrons. The van der Waals surface area contributed by atoms with Crippen LogP contribution in [0.15, 0.2) is 32.1 Å². The number of aliphatic carboxylic acids is 1. The fourth-order valence-electron chi connectivity index (χ4n) is 1.05. The second kappa shape index (κ2) is 5.15. The van der Waals surface area contributed by atoms with Gasteiger partial charge in [0.15, 0.2) is 0 Å². The molecule has 0 saturated heterocycles. The summed E-state index contributed by atoms with van der Waals surface area (Å²) in [6.07, 6.45) is 1.58. The molecule has 2 rings (SSSR count). The Morgan fingerprint density at radius 2 is 2.41 bits per heavy atom.